The molecular weight excluding hydrogens is 340 g/mol. The minimum Gasteiger partial charge on any atom is -0.494 e. The lowest BCUT2D eigenvalue weighted by Crippen LogP contribution is -2.44. The molecule has 0 aliphatic carbocycles. The maximum absolute atomic E-state index is 12.7. The molecule has 1 aliphatic rings. The number of carbonyl (C=O) groups is 1. The summed E-state index contributed by atoms with van der Waals surface area (Å²) in [6.07, 6.45) is 2.12. The normalized spacial score (nSPS) is 20.9. The Labute approximate surface area is 132 Å². The van der Waals surface area contributed by atoms with Crippen molar-refractivity contribution in [2.45, 2.75) is 32.7 Å². The predicted octanol–water partition coefficient (Wildman–Crippen LogP) is 3.03. The zero-order chi connectivity index (χ0) is 14.9. The number of aryl methyl sites for hydroxylation is 1. The molecule has 6 heteroatoms. The van der Waals surface area contributed by atoms with Gasteiger partial charge in [-0.25, -0.2) is 0 Å². The van der Waals surface area contributed by atoms with Gasteiger partial charge >= 0.3 is 0 Å². The summed E-state index contributed by atoms with van der Waals surface area (Å²) in [7, 11) is 1.60. The van der Waals surface area contributed by atoms with Crippen LogP contribution in [-0.2, 0) is 0 Å². The van der Waals surface area contributed by atoms with Crippen LogP contribution in [0.3, 0.4) is 0 Å². The van der Waals surface area contributed by atoms with Crippen LogP contribution in [0.2, 0.25) is 0 Å². The van der Waals surface area contributed by atoms with Crippen molar-refractivity contribution in [2.75, 3.05) is 20.2 Å². The molecule has 2 rings (SSSR count). The highest BCUT2D eigenvalue weighted by Crippen LogP contribution is 2.40. The van der Waals surface area contributed by atoms with Crippen molar-refractivity contribution >= 4 is 33.2 Å². The van der Waals surface area contributed by atoms with Crippen LogP contribution in [-0.4, -0.2) is 37.0 Å². The van der Waals surface area contributed by atoms with Crippen LogP contribution in [0.4, 0.5) is 0 Å². The number of hydrogen-bond donors (Lipinski definition) is 1. The topological polar surface area (TPSA) is 55.6 Å². The summed E-state index contributed by atoms with van der Waals surface area (Å²) in [5.74, 6) is 1.11. The third-order valence-electron chi connectivity index (χ3n) is 3.86. The molecule has 1 aromatic heterocycles. The van der Waals surface area contributed by atoms with Crippen molar-refractivity contribution < 1.29 is 9.53 Å². The molecule has 0 aromatic carbocycles. The molecule has 2 N–H and O–H groups in total. The maximum atomic E-state index is 12.7. The summed E-state index contributed by atoms with van der Waals surface area (Å²) in [4.78, 5) is 16.4. The molecule has 0 bridgehead atoms. The van der Waals surface area contributed by atoms with Crippen LogP contribution < -0.4 is 10.5 Å². The van der Waals surface area contributed by atoms with Crippen molar-refractivity contribution in [1.29, 1.82) is 0 Å². The quantitative estimate of drug-likeness (QED) is 0.901. The SMILES string of the molecule is COc1c(C(=O)N2CCCC(C(C)N)C2)sc(C)c1Br. The van der Waals surface area contributed by atoms with E-state index in [-0.39, 0.29) is 11.9 Å². The largest absolute Gasteiger partial charge is 0.494 e. The molecule has 4 nitrogen and oxygen atoms in total. The van der Waals surface area contributed by atoms with E-state index in [2.05, 4.69) is 15.9 Å². The third kappa shape index (κ3) is 3.02. The maximum Gasteiger partial charge on any atom is 0.267 e. The van der Waals surface area contributed by atoms with Gasteiger partial charge in [-0.05, 0) is 48.5 Å². The first-order valence-corrected chi connectivity index (χ1v) is 8.44. The van der Waals surface area contributed by atoms with E-state index >= 15 is 0 Å². The van der Waals surface area contributed by atoms with Crippen LogP contribution in [0.1, 0.15) is 34.3 Å². The number of ether oxygens (including phenoxy) is 1. The van der Waals surface area contributed by atoms with E-state index in [1.807, 2.05) is 18.7 Å². The van der Waals surface area contributed by atoms with E-state index in [1.165, 1.54) is 11.3 Å². The van der Waals surface area contributed by atoms with Gasteiger partial charge in [0.1, 0.15) is 4.88 Å². The van der Waals surface area contributed by atoms with Gasteiger partial charge in [0.25, 0.3) is 5.91 Å². The summed E-state index contributed by atoms with van der Waals surface area (Å²) < 4.78 is 6.26. The predicted molar refractivity (Wildman–Crippen MR) is 85.6 cm³/mol. The van der Waals surface area contributed by atoms with Crippen LogP contribution in [0, 0.1) is 12.8 Å². The number of nitrogens with zero attached hydrogens (tertiary/aromatic N) is 1. The number of halogens is 1. The van der Waals surface area contributed by atoms with Gasteiger partial charge in [0.05, 0.1) is 11.6 Å². The van der Waals surface area contributed by atoms with Crippen molar-refractivity contribution in [3.8, 4) is 5.75 Å². The number of nitrogens with two attached hydrogens (primary N) is 1. The first-order valence-electron chi connectivity index (χ1n) is 6.83. The number of methoxy groups -OCH3 is 1. The molecular formula is C14H21BrN2O2S. The zero-order valence-corrected chi connectivity index (χ0v) is 14.5. The highest BCUT2D eigenvalue weighted by atomic mass is 79.9. The third-order valence-corrected chi connectivity index (χ3v) is 6.15. The van der Waals surface area contributed by atoms with Gasteiger partial charge in [-0.3, -0.25) is 4.79 Å². The van der Waals surface area contributed by atoms with Crippen LogP contribution in [0.25, 0.3) is 0 Å². The first kappa shape index (κ1) is 15.8. The fourth-order valence-electron chi connectivity index (χ4n) is 2.59. The van der Waals surface area contributed by atoms with E-state index in [9.17, 15) is 4.79 Å². The van der Waals surface area contributed by atoms with E-state index in [0.29, 0.717) is 16.5 Å². The molecule has 1 aromatic rings. The van der Waals surface area contributed by atoms with Gasteiger partial charge in [-0.2, -0.15) is 0 Å². The Hall–Kier alpha value is -0.590. The Morgan fingerprint density at radius 3 is 2.90 bits per heavy atom. The van der Waals surface area contributed by atoms with Crippen molar-refractivity contribution in [1.82, 2.24) is 4.90 Å². The van der Waals surface area contributed by atoms with Crippen LogP contribution in [0.5, 0.6) is 5.75 Å². The number of amides is 1. The Balaban J connectivity index is 2.21. The fraction of sp³-hybridized carbons (Fsp3) is 0.643. The number of carbonyl (C=O) groups excluding carboxylic acids is 1. The van der Waals surface area contributed by atoms with Crippen LogP contribution in [0.15, 0.2) is 4.47 Å². The summed E-state index contributed by atoms with van der Waals surface area (Å²) >= 11 is 4.97. The summed E-state index contributed by atoms with van der Waals surface area (Å²) in [6, 6.07) is 0.129. The van der Waals surface area contributed by atoms with E-state index in [1.54, 1.807) is 7.11 Å². The van der Waals surface area contributed by atoms with Crippen molar-refractivity contribution in [2.24, 2.45) is 11.7 Å². The lowest BCUT2D eigenvalue weighted by molar-refractivity contribution is 0.0663. The van der Waals surface area contributed by atoms with E-state index in [0.717, 1.165) is 35.3 Å². The molecule has 1 aliphatic heterocycles. The average molecular weight is 361 g/mol. The molecule has 0 spiro atoms. The second-order valence-corrected chi connectivity index (χ2v) is 7.36. The minimum absolute atomic E-state index is 0.0611. The monoisotopic (exact) mass is 360 g/mol. The second-order valence-electron chi connectivity index (χ2n) is 5.35. The number of piperidine rings is 1. The Morgan fingerprint density at radius 1 is 1.60 bits per heavy atom. The lowest BCUT2D eigenvalue weighted by atomic mass is 9.92. The molecule has 1 amide bonds. The van der Waals surface area contributed by atoms with Crippen molar-refractivity contribution in [3.63, 3.8) is 0 Å². The van der Waals surface area contributed by atoms with E-state index in [4.69, 9.17) is 10.5 Å². The highest BCUT2D eigenvalue weighted by molar-refractivity contribution is 9.10. The highest BCUT2D eigenvalue weighted by Gasteiger charge is 2.30. The first-order chi connectivity index (χ1) is 9.45. The van der Waals surface area contributed by atoms with Gasteiger partial charge in [0, 0.05) is 24.0 Å². The van der Waals surface area contributed by atoms with Gasteiger partial charge < -0.3 is 15.4 Å². The second kappa shape index (κ2) is 6.45. The summed E-state index contributed by atoms with van der Waals surface area (Å²) in [6.45, 7) is 5.55. The average Bonchev–Trinajstić information content (AvgIpc) is 2.73. The molecule has 2 heterocycles. The molecule has 0 radical (unpaired) electrons. The number of thiophene rings is 1. The fourth-order valence-corrected chi connectivity index (χ4v) is 4.31. The molecule has 1 saturated heterocycles. The molecule has 20 heavy (non-hydrogen) atoms. The number of hydrogen-bond acceptors (Lipinski definition) is 4. The van der Waals surface area contributed by atoms with E-state index < -0.39 is 0 Å². The number of rotatable bonds is 3. The van der Waals surface area contributed by atoms with Gasteiger partial charge in [-0.1, -0.05) is 0 Å². The number of likely N-dealkylation sites (tertiary alicyclic amines) is 1. The standard InChI is InChI=1S/C14H21BrN2O2S/c1-8(16)10-5-4-6-17(7-10)14(18)13-12(19-3)11(15)9(2)20-13/h8,10H,4-7,16H2,1-3H3. The molecule has 2 unspecified atom stereocenters. The molecule has 2 atom stereocenters. The summed E-state index contributed by atoms with van der Waals surface area (Å²) in [5, 5.41) is 0. The van der Waals surface area contributed by atoms with Gasteiger partial charge in [0.15, 0.2) is 5.75 Å². The Kier molecular flexibility index (Phi) is 5.09. The van der Waals surface area contributed by atoms with Gasteiger partial charge in [-0.15, -0.1) is 11.3 Å². The van der Waals surface area contributed by atoms with Crippen molar-refractivity contribution in [3.05, 3.63) is 14.2 Å². The molecule has 112 valence electrons. The summed E-state index contributed by atoms with van der Waals surface area (Å²) in [5.41, 5.74) is 5.98. The van der Waals surface area contributed by atoms with Crippen LogP contribution >= 0.6 is 27.3 Å². The lowest BCUT2D eigenvalue weighted by Gasteiger charge is -2.34. The minimum atomic E-state index is 0.0611. The molecule has 1 fully saturated rings. The Bertz CT molecular complexity index is 502. The Morgan fingerprint density at radius 2 is 2.30 bits per heavy atom. The zero-order valence-electron chi connectivity index (χ0n) is 12.1. The van der Waals surface area contributed by atoms with Gasteiger partial charge in [0.2, 0.25) is 0 Å². The smallest absolute Gasteiger partial charge is 0.267 e. The molecule has 0 saturated carbocycles.